The van der Waals surface area contributed by atoms with Gasteiger partial charge in [-0.25, -0.2) is 4.98 Å². The normalized spacial score (nSPS) is 10.4. The number of hydrogen-bond donors (Lipinski definition) is 1. The Hall–Kier alpha value is -4.46. The van der Waals surface area contributed by atoms with E-state index in [0.29, 0.717) is 22.9 Å². The van der Waals surface area contributed by atoms with Gasteiger partial charge in [-0.15, -0.1) is 0 Å². The molecule has 0 aliphatic heterocycles. The molecule has 0 spiro atoms. The third kappa shape index (κ3) is 4.81. The summed E-state index contributed by atoms with van der Waals surface area (Å²) >= 11 is 0. The molecule has 0 fully saturated rings. The predicted molar refractivity (Wildman–Crippen MR) is 121 cm³/mol. The lowest BCUT2D eigenvalue weighted by atomic mass is 10.1. The number of benzene rings is 3. The summed E-state index contributed by atoms with van der Waals surface area (Å²) in [5.74, 6) is 1.70. The van der Waals surface area contributed by atoms with Gasteiger partial charge < -0.3 is 14.8 Å². The molecule has 0 aliphatic rings. The van der Waals surface area contributed by atoms with E-state index in [1.54, 1.807) is 36.4 Å². The molecule has 0 saturated carbocycles. The molecule has 4 rings (SSSR count). The van der Waals surface area contributed by atoms with E-state index in [9.17, 15) is 10.1 Å². The minimum Gasteiger partial charge on any atom is -0.457 e. The van der Waals surface area contributed by atoms with Gasteiger partial charge in [0.25, 0.3) is 0 Å². The maximum absolute atomic E-state index is 11.8. The van der Waals surface area contributed by atoms with Crippen LogP contribution in [-0.2, 0) is 0 Å². The summed E-state index contributed by atoms with van der Waals surface area (Å²) in [7, 11) is 0. The molecule has 32 heavy (non-hydrogen) atoms. The van der Waals surface area contributed by atoms with E-state index < -0.39 is 4.92 Å². The zero-order valence-corrected chi connectivity index (χ0v) is 17.5. The van der Waals surface area contributed by atoms with Gasteiger partial charge in [0.1, 0.15) is 23.6 Å². The molecule has 0 aliphatic carbocycles. The summed E-state index contributed by atoms with van der Waals surface area (Å²) in [6.07, 6.45) is 1.22. The fourth-order valence-electron chi connectivity index (χ4n) is 2.95. The Morgan fingerprint density at radius 2 is 1.50 bits per heavy atom. The number of nitrogens with zero attached hydrogens (tertiary/aromatic N) is 3. The Labute approximate surface area is 184 Å². The highest BCUT2D eigenvalue weighted by Crippen LogP contribution is 2.36. The number of rotatable bonds is 7. The average molecular weight is 428 g/mol. The van der Waals surface area contributed by atoms with Crippen LogP contribution in [0.4, 0.5) is 17.2 Å². The van der Waals surface area contributed by atoms with Crippen molar-refractivity contribution in [3.05, 3.63) is 100 Å². The van der Waals surface area contributed by atoms with Gasteiger partial charge in [-0.1, -0.05) is 24.3 Å². The van der Waals surface area contributed by atoms with E-state index in [1.807, 2.05) is 50.2 Å². The highest BCUT2D eigenvalue weighted by Gasteiger charge is 2.25. The van der Waals surface area contributed by atoms with Crippen LogP contribution in [0.1, 0.15) is 11.1 Å². The summed E-state index contributed by atoms with van der Waals surface area (Å²) in [6.45, 7) is 3.92. The Morgan fingerprint density at radius 1 is 0.812 bits per heavy atom. The topological polar surface area (TPSA) is 99.4 Å². The monoisotopic (exact) mass is 428 g/mol. The number of aromatic nitrogens is 2. The molecule has 0 bridgehead atoms. The van der Waals surface area contributed by atoms with E-state index >= 15 is 0 Å². The second-order valence-corrected chi connectivity index (χ2v) is 7.05. The highest BCUT2D eigenvalue weighted by molar-refractivity contribution is 5.69. The molecule has 1 N–H and O–H groups in total. The molecule has 8 nitrogen and oxygen atoms in total. The summed E-state index contributed by atoms with van der Waals surface area (Å²) < 4.78 is 11.5. The van der Waals surface area contributed by atoms with Gasteiger partial charge in [0.05, 0.1) is 4.92 Å². The molecule has 4 aromatic rings. The number of hydrogen-bond acceptors (Lipinski definition) is 7. The zero-order chi connectivity index (χ0) is 22.5. The molecule has 0 radical (unpaired) electrons. The van der Waals surface area contributed by atoms with Crippen molar-refractivity contribution < 1.29 is 14.4 Å². The van der Waals surface area contributed by atoms with Gasteiger partial charge in [0, 0.05) is 5.69 Å². The molecular formula is C24H20N4O4. The third-order valence-electron chi connectivity index (χ3n) is 4.76. The van der Waals surface area contributed by atoms with E-state index in [-0.39, 0.29) is 17.4 Å². The lowest BCUT2D eigenvalue weighted by Crippen LogP contribution is -2.03. The number of aryl methyl sites for hydroxylation is 2. The molecule has 0 saturated heterocycles. The van der Waals surface area contributed by atoms with Crippen LogP contribution in [0.5, 0.6) is 23.1 Å². The Kier molecular flexibility index (Phi) is 5.94. The smallest absolute Gasteiger partial charge is 0.373 e. The van der Waals surface area contributed by atoms with E-state index in [0.717, 1.165) is 11.1 Å². The van der Waals surface area contributed by atoms with Crippen molar-refractivity contribution >= 4 is 17.2 Å². The second-order valence-electron chi connectivity index (χ2n) is 7.05. The SMILES string of the molecule is Cc1ccc(Oc2ncnc(Nc3ccc(Oc4ccccc4)cc3)c2[N+](=O)[O-])cc1C. The van der Waals surface area contributed by atoms with Crippen LogP contribution in [0.25, 0.3) is 0 Å². The van der Waals surface area contributed by atoms with Crippen LogP contribution in [0.2, 0.25) is 0 Å². The molecular weight excluding hydrogens is 408 g/mol. The van der Waals surface area contributed by atoms with Gasteiger partial charge in [-0.2, -0.15) is 4.98 Å². The van der Waals surface area contributed by atoms with Crippen LogP contribution >= 0.6 is 0 Å². The van der Waals surface area contributed by atoms with Gasteiger partial charge >= 0.3 is 11.6 Å². The van der Waals surface area contributed by atoms with E-state index in [1.165, 1.54) is 6.33 Å². The number of nitro groups is 1. The van der Waals surface area contributed by atoms with Gasteiger partial charge in [-0.3, -0.25) is 10.1 Å². The van der Waals surface area contributed by atoms with Crippen molar-refractivity contribution in [3.63, 3.8) is 0 Å². The van der Waals surface area contributed by atoms with Crippen molar-refractivity contribution in [3.8, 4) is 23.1 Å². The second kappa shape index (κ2) is 9.13. The summed E-state index contributed by atoms with van der Waals surface area (Å²) in [6, 6.07) is 21.8. The molecule has 1 heterocycles. The van der Waals surface area contributed by atoms with Crippen LogP contribution in [-0.4, -0.2) is 14.9 Å². The first-order valence-corrected chi connectivity index (χ1v) is 9.84. The maximum Gasteiger partial charge on any atom is 0.373 e. The van der Waals surface area contributed by atoms with Crippen molar-refractivity contribution in [2.45, 2.75) is 13.8 Å². The van der Waals surface area contributed by atoms with E-state index in [2.05, 4.69) is 15.3 Å². The van der Waals surface area contributed by atoms with Crippen LogP contribution in [0.3, 0.4) is 0 Å². The molecule has 160 valence electrons. The lowest BCUT2D eigenvalue weighted by molar-refractivity contribution is -0.385. The lowest BCUT2D eigenvalue weighted by Gasteiger charge is -2.11. The predicted octanol–water partition coefficient (Wildman–Crippen LogP) is 6.33. The maximum atomic E-state index is 11.8. The van der Waals surface area contributed by atoms with Crippen LogP contribution in [0, 0.1) is 24.0 Å². The van der Waals surface area contributed by atoms with Crippen molar-refractivity contribution in [2.24, 2.45) is 0 Å². The highest BCUT2D eigenvalue weighted by atomic mass is 16.6. The molecule has 0 unspecified atom stereocenters. The zero-order valence-electron chi connectivity index (χ0n) is 17.5. The van der Waals surface area contributed by atoms with Crippen LogP contribution in [0.15, 0.2) is 79.1 Å². The third-order valence-corrected chi connectivity index (χ3v) is 4.76. The number of nitrogens with one attached hydrogen (secondary N) is 1. The van der Waals surface area contributed by atoms with Crippen molar-refractivity contribution in [1.82, 2.24) is 9.97 Å². The summed E-state index contributed by atoms with van der Waals surface area (Å²) in [4.78, 5) is 19.2. The molecule has 3 aromatic carbocycles. The minimum atomic E-state index is -0.564. The summed E-state index contributed by atoms with van der Waals surface area (Å²) in [5, 5.41) is 14.8. The fraction of sp³-hybridized carbons (Fsp3) is 0.0833. The first-order valence-electron chi connectivity index (χ1n) is 9.84. The fourth-order valence-corrected chi connectivity index (χ4v) is 2.95. The largest absolute Gasteiger partial charge is 0.457 e. The quantitative estimate of drug-likeness (QED) is 0.271. The van der Waals surface area contributed by atoms with E-state index in [4.69, 9.17) is 9.47 Å². The standard InChI is InChI=1S/C24H20N4O4/c1-16-8-11-21(14-17(16)2)32-24-22(28(29)30)23(25-15-26-24)27-18-9-12-20(13-10-18)31-19-6-4-3-5-7-19/h3-15H,1-2H3,(H,25,26,27). The first-order chi connectivity index (χ1) is 15.5. The minimum absolute atomic E-state index is 0.0283. The summed E-state index contributed by atoms with van der Waals surface area (Å²) in [5.41, 5.74) is 2.35. The first kappa shape index (κ1) is 20.8. The van der Waals surface area contributed by atoms with Gasteiger partial charge in [0.15, 0.2) is 0 Å². The Bertz CT molecular complexity index is 1240. The van der Waals surface area contributed by atoms with Gasteiger partial charge in [-0.05, 0) is 73.5 Å². The van der Waals surface area contributed by atoms with Crippen LogP contribution < -0.4 is 14.8 Å². The molecule has 8 heteroatoms. The molecule has 1 aromatic heterocycles. The van der Waals surface area contributed by atoms with Gasteiger partial charge in [0.2, 0.25) is 5.82 Å². The number of ether oxygens (including phenoxy) is 2. The molecule has 0 atom stereocenters. The number of anilines is 2. The van der Waals surface area contributed by atoms with Crippen molar-refractivity contribution in [1.29, 1.82) is 0 Å². The van der Waals surface area contributed by atoms with Crippen molar-refractivity contribution in [2.75, 3.05) is 5.32 Å². The average Bonchev–Trinajstić information content (AvgIpc) is 2.78. The molecule has 0 amide bonds. The Balaban J connectivity index is 1.56. The Morgan fingerprint density at radius 3 is 2.19 bits per heavy atom. The number of para-hydroxylation sites is 1.